The number of ether oxygens (including phenoxy) is 3. The van der Waals surface area contributed by atoms with Gasteiger partial charge in [0.05, 0.1) is 30.0 Å². The van der Waals surface area contributed by atoms with Crippen molar-refractivity contribution in [1.82, 2.24) is 0 Å². The Kier molecular flexibility index (Phi) is 16.7. The normalized spacial score (nSPS) is 14.4. The lowest BCUT2D eigenvalue weighted by molar-refractivity contribution is -0.170. The van der Waals surface area contributed by atoms with Gasteiger partial charge in [-0.1, -0.05) is 46.2 Å². The summed E-state index contributed by atoms with van der Waals surface area (Å²) in [6.07, 6.45) is 3.76. The molecule has 0 aliphatic heterocycles. The third kappa shape index (κ3) is 13.8. The van der Waals surface area contributed by atoms with Gasteiger partial charge >= 0.3 is 25.0 Å². The Balaban J connectivity index is 0.000000885. The highest BCUT2D eigenvalue weighted by molar-refractivity contribution is 6.58. The molecule has 10 nitrogen and oxygen atoms in total. The molecular formula is C35H60BNO9. The maximum atomic E-state index is 12.7. The summed E-state index contributed by atoms with van der Waals surface area (Å²) in [5.41, 5.74) is -2.73. The van der Waals surface area contributed by atoms with E-state index in [9.17, 15) is 29.2 Å². The van der Waals surface area contributed by atoms with Crippen LogP contribution in [0.4, 0.5) is 5.69 Å². The van der Waals surface area contributed by atoms with Gasteiger partial charge in [0.15, 0.2) is 0 Å². The summed E-state index contributed by atoms with van der Waals surface area (Å²) in [4.78, 5) is 49.4. The molecule has 0 aliphatic rings. The molecule has 262 valence electrons. The van der Waals surface area contributed by atoms with Crippen molar-refractivity contribution in [2.75, 3.05) is 19.0 Å². The molecule has 0 bridgehead atoms. The van der Waals surface area contributed by atoms with Crippen LogP contribution in [-0.2, 0) is 33.4 Å². The topological polar surface area (TPSA) is 148 Å². The quantitative estimate of drug-likeness (QED) is 0.0926. The zero-order chi connectivity index (χ0) is 36.1. The molecule has 0 saturated carbocycles. The molecule has 46 heavy (non-hydrogen) atoms. The number of esters is 3. The molecule has 0 spiro atoms. The zero-order valence-electron chi connectivity index (χ0n) is 30.6. The number of anilines is 1. The predicted molar refractivity (Wildman–Crippen MR) is 182 cm³/mol. The van der Waals surface area contributed by atoms with Gasteiger partial charge in [0, 0.05) is 11.1 Å². The number of carbonyl (C=O) groups excluding carboxylic acids is 4. The van der Waals surface area contributed by atoms with E-state index in [-0.39, 0.29) is 23.8 Å². The lowest BCUT2D eigenvalue weighted by atomic mass is 9.71. The minimum atomic E-state index is -1.60. The Morgan fingerprint density at radius 3 is 1.76 bits per heavy atom. The van der Waals surface area contributed by atoms with Gasteiger partial charge in [-0.3, -0.25) is 19.2 Å². The Hall–Kier alpha value is -2.92. The van der Waals surface area contributed by atoms with Crippen molar-refractivity contribution in [3.05, 3.63) is 24.3 Å². The Labute approximate surface area is 277 Å². The zero-order valence-corrected chi connectivity index (χ0v) is 30.6. The van der Waals surface area contributed by atoms with E-state index < -0.39 is 34.4 Å². The van der Waals surface area contributed by atoms with Crippen LogP contribution in [0.2, 0.25) is 0 Å². The molecule has 11 heteroatoms. The average molecular weight is 650 g/mol. The SMILES string of the molecule is CCC(C)(CC(C)(C)C(=O)OC)C(=O)Nc1cccc(B(O)O)c1.CCCCOC(=O)C(C)(CC)CC(C)(C)C(=O)OC(C)(C)C. The van der Waals surface area contributed by atoms with Gasteiger partial charge in [-0.2, -0.15) is 0 Å². The average Bonchev–Trinajstić information content (AvgIpc) is 2.95. The van der Waals surface area contributed by atoms with Crippen LogP contribution in [0.1, 0.15) is 122 Å². The van der Waals surface area contributed by atoms with E-state index in [4.69, 9.17) is 14.2 Å². The van der Waals surface area contributed by atoms with E-state index in [1.165, 1.54) is 13.2 Å². The van der Waals surface area contributed by atoms with Crippen molar-refractivity contribution < 1.29 is 43.4 Å². The Morgan fingerprint density at radius 2 is 1.30 bits per heavy atom. The van der Waals surface area contributed by atoms with Crippen molar-refractivity contribution in [1.29, 1.82) is 0 Å². The molecule has 0 aromatic heterocycles. The van der Waals surface area contributed by atoms with Gasteiger partial charge < -0.3 is 29.6 Å². The summed E-state index contributed by atoms with van der Waals surface area (Å²) < 4.78 is 15.7. The van der Waals surface area contributed by atoms with Gasteiger partial charge in [0.25, 0.3) is 0 Å². The number of carbonyl (C=O) groups is 4. The van der Waals surface area contributed by atoms with Crippen LogP contribution in [0.5, 0.6) is 0 Å². The van der Waals surface area contributed by atoms with Gasteiger partial charge in [0.2, 0.25) is 5.91 Å². The number of amides is 1. The van der Waals surface area contributed by atoms with Crippen LogP contribution in [0, 0.1) is 21.7 Å². The first-order chi connectivity index (χ1) is 20.9. The summed E-state index contributed by atoms with van der Waals surface area (Å²) in [6, 6.07) is 6.36. The Bertz CT molecular complexity index is 1160. The minimum absolute atomic E-state index is 0.222. The second-order valence-electron chi connectivity index (χ2n) is 14.9. The van der Waals surface area contributed by atoms with E-state index in [0.29, 0.717) is 43.4 Å². The molecule has 0 heterocycles. The molecular weight excluding hydrogens is 589 g/mol. The molecule has 0 aliphatic carbocycles. The second kappa shape index (κ2) is 17.9. The summed E-state index contributed by atoms with van der Waals surface area (Å²) >= 11 is 0. The van der Waals surface area contributed by atoms with Gasteiger partial charge in [0.1, 0.15) is 5.60 Å². The first-order valence-electron chi connectivity index (χ1n) is 16.2. The molecule has 2 unspecified atom stereocenters. The molecule has 0 saturated heterocycles. The smallest absolute Gasteiger partial charge is 0.469 e. The number of nitrogens with one attached hydrogen (secondary N) is 1. The molecule has 0 fully saturated rings. The first-order valence-corrected chi connectivity index (χ1v) is 16.2. The van der Waals surface area contributed by atoms with Crippen LogP contribution in [0.3, 0.4) is 0 Å². The summed E-state index contributed by atoms with van der Waals surface area (Å²) in [6.45, 7) is 22.7. The molecule has 0 radical (unpaired) electrons. The standard InChI is InChI=1S/C18H34O4.C17H26BNO5/c1-9-11-12-21-15(20)18(8,10-2)13-17(6,7)14(19)22-16(3,4)5;1-6-17(4,11-16(2,3)15(21)24-5)14(20)19-13-9-7-8-12(10-13)18(22)23/h9-13H2,1-8H3;7-10,22-23H,6,11H2,1-5H3,(H,19,20). The van der Waals surface area contributed by atoms with Crippen molar-refractivity contribution in [2.45, 2.75) is 127 Å². The minimum Gasteiger partial charge on any atom is -0.469 e. The third-order valence-electron chi connectivity index (χ3n) is 8.13. The fourth-order valence-electron chi connectivity index (χ4n) is 5.04. The first kappa shape index (κ1) is 43.1. The number of unbranched alkanes of at least 4 members (excludes halogenated alkanes) is 1. The van der Waals surface area contributed by atoms with E-state index in [0.717, 1.165) is 12.8 Å². The van der Waals surface area contributed by atoms with Crippen molar-refractivity contribution in [3.8, 4) is 0 Å². The number of hydrogen-bond donors (Lipinski definition) is 3. The predicted octanol–water partition coefficient (Wildman–Crippen LogP) is 5.81. The molecule has 2 atom stereocenters. The van der Waals surface area contributed by atoms with E-state index in [1.54, 1.807) is 39.0 Å². The number of benzene rings is 1. The van der Waals surface area contributed by atoms with Crippen molar-refractivity contribution >= 4 is 42.1 Å². The van der Waals surface area contributed by atoms with Gasteiger partial charge in [-0.15, -0.1) is 0 Å². The second-order valence-corrected chi connectivity index (χ2v) is 14.9. The largest absolute Gasteiger partial charge is 0.488 e. The number of methoxy groups -OCH3 is 1. The maximum Gasteiger partial charge on any atom is 0.488 e. The van der Waals surface area contributed by atoms with Crippen LogP contribution >= 0.6 is 0 Å². The van der Waals surface area contributed by atoms with Crippen LogP contribution in [0.25, 0.3) is 0 Å². The summed E-state index contributed by atoms with van der Waals surface area (Å²) in [7, 11) is -0.267. The lowest BCUT2D eigenvalue weighted by Gasteiger charge is -2.35. The highest BCUT2D eigenvalue weighted by atomic mass is 16.6. The van der Waals surface area contributed by atoms with Crippen LogP contribution in [-0.4, -0.2) is 60.3 Å². The van der Waals surface area contributed by atoms with E-state index in [1.807, 2.05) is 55.4 Å². The number of hydrogen-bond acceptors (Lipinski definition) is 9. The summed E-state index contributed by atoms with van der Waals surface area (Å²) in [5.74, 6) is -1.09. The molecule has 1 rings (SSSR count). The van der Waals surface area contributed by atoms with E-state index >= 15 is 0 Å². The van der Waals surface area contributed by atoms with Gasteiger partial charge in [-0.05, 0) is 105 Å². The highest BCUT2D eigenvalue weighted by Crippen LogP contribution is 2.40. The monoisotopic (exact) mass is 649 g/mol. The summed E-state index contributed by atoms with van der Waals surface area (Å²) in [5, 5.41) is 21.2. The fourth-order valence-corrected chi connectivity index (χ4v) is 5.04. The van der Waals surface area contributed by atoms with Gasteiger partial charge in [-0.25, -0.2) is 0 Å². The number of rotatable bonds is 15. The molecule has 3 N–H and O–H groups in total. The van der Waals surface area contributed by atoms with Crippen molar-refractivity contribution in [3.63, 3.8) is 0 Å². The van der Waals surface area contributed by atoms with Crippen LogP contribution < -0.4 is 10.8 Å². The molecule has 1 amide bonds. The maximum absolute atomic E-state index is 12.7. The van der Waals surface area contributed by atoms with Crippen LogP contribution in [0.15, 0.2) is 24.3 Å². The lowest BCUT2D eigenvalue weighted by Crippen LogP contribution is -2.40. The highest BCUT2D eigenvalue weighted by Gasteiger charge is 2.44. The van der Waals surface area contributed by atoms with Crippen molar-refractivity contribution in [2.24, 2.45) is 21.7 Å². The molecule has 1 aromatic carbocycles. The van der Waals surface area contributed by atoms with E-state index in [2.05, 4.69) is 12.2 Å². The molecule has 1 aromatic rings. The third-order valence-corrected chi connectivity index (χ3v) is 8.13. The Morgan fingerprint density at radius 1 is 0.783 bits per heavy atom. The fraction of sp³-hybridized carbons (Fsp3) is 0.714.